The summed E-state index contributed by atoms with van der Waals surface area (Å²) in [6.07, 6.45) is 0. The molecule has 3 rings (SSSR count). The molecule has 168 valence electrons. The highest BCUT2D eigenvalue weighted by Crippen LogP contribution is 2.75. The minimum absolute atomic E-state index is 0.108. The zero-order valence-corrected chi connectivity index (χ0v) is 19.0. The van der Waals surface area contributed by atoms with Gasteiger partial charge in [0.25, 0.3) is 0 Å². The SMILES string of the molecule is CC(C)(C)S(c1ccccc1)(c1ccccc1)c1ccccc1.O=S(=O)(O)C(F)(F)F. The van der Waals surface area contributed by atoms with E-state index in [-0.39, 0.29) is 4.75 Å². The van der Waals surface area contributed by atoms with Crippen LogP contribution in [0.1, 0.15) is 20.8 Å². The molecule has 3 aromatic rings. The molecule has 0 bridgehead atoms. The van der Waals surface area contributed by atoms with E-state index in [1.54, 1.807) is 0 Å². The van der Waals surface area contributed by atoms with Gasteiger partial charge in [-0.25, -0.2) is 0 Å². The first kappa shape index (κ1) is 25.0. The van der Waals surface area contributed by atoms with E-state index in [1.165, 1.54) is 14.7 Å². The maximum Gasteiger partial charge on any atom is 0.522 e. The van der Waals surface area contributed by atoms with E-state index >= 15 is 0 Å². The highest BCUT2D eigenvalue weighted by atomic mass is 32.3. The van der Waals surface area contributed by atoms with Crippen LogP contribution in [-0.2, 0) is 10.1 Å². The summed E-state index contributed by atoms with van der Waals surface area (Å²) >= 11 is 0. The first-order valence-corrected chi connectivity index (χ1v) is 12.4. The second-order valence-corrected chi connectivity index (χ2v) is 12.9. The molecular formula is C23H25F3O3S2. The van der Waals surface area contributed by atoms with Gasteiger partial charge in [-0.1, -0.05) is 75.4 Å². The van der Waals surface area contributed by atoms with Crippen molar-refractivity contribution >= 4 is 20.1 Å². The molecule has 0 atom stereocenters. The van der Waals surface area contributed by atoms with Gasteiger partial charge in [-0.3, -0.25) is 4.55 Å². The van der Waals surface area contributed by atoms with Crippen molar-refractivity contribution in [1.82, 2.24) is 0 Å². The molecule has 0 spiro atoms. The highest BCUT2D eigenvalue weighted by molar-refractivity contribution is 8.34. The largest absolute Gasteiger partial charge is 0.522 e. The van der Waals surface area contributed by atoms with Crippen molar-refractivity contribution in [2.45, 2.75) is 45.7 Å². The molecule has 0 aliphatic heterocycles. The van der Waals surface area contributed by atoms with Crippen LogP contribution >= 0.6 is 10.0 Å². The topological polar surface area (TPSA) is 54.4 Å². The number of halogens is 3. The van der Waals surface area contributed by atoms with Crippen LogP contribution in [0.3, 0.4) is 0 Å². The molecule has 8 heteroatoms. The standard InChI is InChI=1S/C22H24S.CHF3O3S/c1-22(2,3)23(19-13-7-4-8-14-19,20-15-9-5-10-16-20)21-17-11-6-12-18-21;2-1(3,4)8(5,6)7/h4-18H,1-3H3;(H,5,6,7). The predicted octanol–water partition coefficient (Wildman–Crippen LogP) is 7.16. The van der Waals surface area contributed by atoms with Gasteiger partial charge in [0.15, 0.2) is 0 Å². The Labute approximate surface area is 183 Å². The van der Waals surface area contributed by atoms with E-state index in [4.69, 9.17) is 13.0 Å². The molecule has 0 fully saturated rings. The fraction of sp³-hybridized carbons (Fsp3) is 0.217. The third-order valence-corrected chi connectivity index (χ3v) is 9.86. The lowest BCUT2D eigenvalue weighted by Gasteiger charge is -2.51. The fourth-order valence-corrected chi connectivity index (χ4v) is 7.98. The Morgan fingerprint density at radius 3 is 1.00 bits per heavy atom. The molecule has 3 nitrogen and oxygen atoms in total. The van der Waals surface area contributed by atoms with Crippen molar-refractivity contribution < 1.29 is 26.1 Å². The normalized spacial score (nSPS) is 13.1. The highest BCUT2D eigenvalue weighted by Gasteiger charge is 2.44. The third-order valence-electron chi connectivity index (χ3n) is 4.50. The zero-order valence-electron chi connectivity index (χ0n) is 17.4. The van der Waals surface area contributed by atoms with Crippen molar-refractivity contribution in [3.8, 4) is 0 Å². The summed E-state index contributed by atoms with van der Waals surface area (Å²) in [5.41, 5.74) is -5.53. The van der Waals surface area contributed by atoms with Gasteiger partial charge in [-0.2, -0.15) is 31.6 Å². The second kappa shape index (κ2) is 9.46. The van der Waals surface area contributed by atoms with Gasteiger partial charge in [0.05, 0.1) is 0 Å². The first-order valence-electron chi connectivity index (χ1n) is 9.34. The van der Waals surface area contributed by atoms with Crippen molar-refractivity contribution in [2.75, 3.05) is 0 Å². The molecule has 3 aromatic carbocycles. The molecule has 0 aromatic heterocycles. The summed E-state index contributed by atoms with van der Waals surface area (Å²) in [6.45, 7) is 7.11. The Kier molecular flexibility index (Phi) is 7.62. The Morgan fingerprint density at radius 1 is 0.613 bits per heavy atom. The van der Waals surface area contributed by atoms with Crippen LogP contribution in [0.15, 0.2) is 106 Å². The quantitative estimate of drug-likeness (QED) is 0.326. The van der Waals surface area contributed by atoms with Gasteiger partial charge in [0, 0.05) is 4.75 Å². The lowest BCUT2D eigenvalue weighted by Crippen LogP contribution is -2.26. The van der Waals surface area contributed by atoms with E-state index in [2.05, 4.69) is 112 Å². The molecule has 0 aliphatic carbocycles. The zero-order chi connectivity index (χ0) is 23.3. The summed E-state index contributed by atoms with van der Waals surface area (Å²) in [6, 6.07) is 33.0. The maximum atomic E-state index is 10.7. The maximum absolute atomic E-state index is 10.7. The number of rotatable bonds is 3. The van der Waals surface area contributed by atoms with Crippen molar-refractivity contribution in [3.05, 3.63) is 91.0 Å². The molecule has 31 heavy (non-hydrogen) atoms. The third kappa shape index (κ3) is 5.50. The van der Waals surface area contributed by atoms with Crippen LogP contribution in [0.2, 0.25) is 0 Å². The van der Waals surface area contributed by atoms with Crippen molar-refractivity contribution in [2.24, 2.45) is 0 Å². The van der Waals surface area contributed by atoms with Gasteiger partial charge in [-0.15, -0.1) is 0 Å². The molecule has 0 unspecified atom stereocenters. The number of hydrogen-bond donors (Lipinski definition) is 1. The molecule has 0 heterocycles. The second-order valence-electron chi connectivity index (χ2n) is 7.58. The number of hydrogen-bond acceptors (Lipinski definition) is 2. The molecule has 0 aliphatic rings. The Morgan fingerprint density at radius 2 is 0.839 bits per heavy atom. The summed E-state index contributed by atoms with van der Waals surface area (Å²) in [4.78, 5) is 4.26. The van der Waals surface area contributed by atoms with E-state index < -0.39 is 25.7 Å². The lowest BCUT2D eigenvalue weighted by molar-refractivity contribution is -0.0510. The van der Waals surface area contributed by atoms with E-state index in [0.29, 0.717) is 0 Å². The minimum Gasteiger partial charge on any atom is -0.279 e. The molecule has 0 saturated carbocycles. The number of alkyl halides is 3. The Balaban J connectivity index is 0.000000366. The van der Waals surface area contributed by atoms with Crippen LogP contribution in [0.4, 0.5) is 13.2 Å². The molecule has 0 radical (unpaired) electrons. The minimum atomic E-state index is -5.84. The van der Waals surface area contributed by atoms with Gasteiger partial charge < -0.3 is 0 Å². The number of benzene rings is 3. The van der Waals surface area contributed by atoms with Gasteiger partial charge in [0.1, 0.15) is 0 Å². The predicted molar refractivity (Wildman–Crippen MR) is 119 cm³/mol. The van der Waals surface area contributed by atoms with Crippen LogP contribution in [0, 0.1) is 0 Å². The van der Waals surface area contributed by atoms with E-state index in [1.807, 2.05) is 0 Å². The lowest BCUT2D eigenvalue weighted by atomic mass is 10.2. The van der Waals surface area contributed by atoms with Gasteiger partial charge in [0.2, 0.25) is 0 Å². The van der Waals surface area contributed by atoms with Gasteiger partial charge in [-0.05, 0) is 51.1 Å². The average molecular weight is 471 g/mol. The summed E-state index contributed by atoms with van der Waals surface area (Å²) in [7, 11) is -7.19. The average Bonchev–Trinajstić information content (AvgIpc) is 2.69. The monoisotopic (exact) mass is 470 g/mol. The molecule has 1 N–H and O–H groups in total. The Bertz CT molecular complexity index is 965. The smallest absolute Gasteiger partial charge is 0.279 e. The summed E-state index contributed by atoms with van der Waals surface area (Å²) in [5, 5.41) is 0. The van der Waals surface area contributed by atoms with Crippen LogP contribution in [0.25, 0.3) is 0 Å². The summed E-state index contributed by atoms with van der Waals surface area (Å²) in [5.74, 6) is 0. The molecule has 0 amide bonds. The summed E-state index contributed by atoms with van der Waals surface area (Å²) < 4.78 is 57.6. The van der Waals surface area contributed by atoms with Crippen LogP contribution < -0.4 is 0 Å². The van der Waals surface area contributed by atoms with E-state index in [9.17, 15) is 13.2 Å². The van der Waals surface area contributed by atoms with Gasteiger partial charge >= 0.3 is 15.6 Å². The molecule has 0 saturated heterocycles. The molecular weight excluding hydrogens is 445 g/mol. The first-order chi connectivity index (χ1) is 14.3. The van der Waals surface area contributed by atoms with Crippen molar-refractivity contribution in [1.29, 1.82) is 0 Å². The van der Waals surface area contributed by atoms with E-state index in [0.717, 1.165) is 0 Å². The van der Waals surface area contributed by atoms with Crippen LogP contribution in [-0.4, -0.2) is 23.2 Å². The fourth-order valence-electron chi connectivity index (χ4n) is 3.34. The Hall–Kier alpha value is -2.29. The van der Waals surface area contributed by atoms with Crippen molar-refractivity contribution in [3.63, 3.8) is 0 Å². The van der Waals surface area contributed by atoms with Crippen LogP contribution in [0.5, 0.6) is 0 Å².